The lowest BCUT2D eigenvalue weighted by molar-refractivity contribution is -0.127. The van der Waals surface area contributed by atoms with Crippen molar-refractivity contribution in [3.63, 3.8) is 0 Å². The number of carbonyl (C=O) groups excluding carboxylic acids is 1. The van der Waals surface area contributed by atoms with Gasteiger partial charge in [0.15, 0.2) is 0 Å². The summed E-state index contributed by atoms with van der Waals surface area (Å²) in [6.45, 7) is 6.20. The van der Waals surface area contributed by atoms with E-state index in [2.05, 4.69) is 15.5 Å². The summed E-state index contributed by atoms with van der Waals surface area (Å²) in [5.41, 5.74) is 2.75. The minimum absolute atomic E-state index is 0.0489. The van der Waals surface area contributed by atoms with E-state index < -0.39 is 6.04 Å². The van der Waals surface area contributed by atoms with Crippen molar-refractivity contribution in [3.8, 4) is 11.4 Å². The van der Waals surface area contributed by atoms with Crippen LogP contribution in [0.1, 0.15) is 36.9 Å². The van der Waals surface area contributed by atoms with Crippen LogP contribution >= 0.6 is 11.6 Å². The number of hydrogen-bond donors (Lipinski definition) is 1. The Hall–Kier alpha value is -2.70. The van der Waals surface area contributed by atoms with E-state index in [1.807, 2.05) is 63.2 Å². The zero-order valence-electron chi connectivity index (χ0n) is 16.7. The van der Waals surface area contributed by atoms with Crippen LogP contribution in [-0.4, -0.2) is 22.7 Å². The van der Waals surface area contributed by atoms with E-state index in [1.54, 1.807) is 6.07 Å². The summed E-state index contributed by atoms with van der Waals surface area (Å²) < 4.78 is 10.9. The summed E-state index contributed by atoms with van der Waals surface area (Å²) in [5.74, 6) is 0.603. The molecule has 0 aliphatic heterocycles. The molecular formula is C22H24ClN3O3. The molecule has 7 heteroatoms. The van der Waals surface area contributed by atoms with Crippen LogP contribution < -0.4 is 5.32 Å². The largest absolute Gasteiger partial charge is 0.367 e. The van der Waals surface area contributed by atoms with Crippen LogP contribution in [0.3, 0.4) is 0 Å². The molecule has 0 bridgehead atoms. The summed E-state index contributed by atoms with van der Waals surface area (Å²) in [5, 5.41) is 7.60. The predicted molar refractivity (Wildman–Crippen MR) is 111 cm³/mol. The van der Waals surface area contributed by atoms with Crippen molar-refractivity contribution in [2.24, 2.45) is 5.92 Å². The van der Waals surface area contributed by atoms with Gasteiger partial charge in [0, 0.05) is 10.6 Å². The minimum atomic E-state index is -0.412. The first-order chi connectivity index (χ1) is 13.9. The average Bonchev–Trinajstić information content (AvgIpc) is 3.18. The minimum Gasteiger partial charge on any atom is -0.367 e. The first kappa shape index (κ1) is 21.0. The fourth-order valence-corrected chi connectivity index (χ4v) is 2.96. The van der Waals surface area contributed by atoms with Gasteiger partial charge in [-0.1, -0.05) is 73.1 Å². The molecule has 152 valence electrons. The van der Waals surface area contributed by atoms with E-state index in [1.165, 1.54) is 0 Å². The number of aromatic nitrogens is 2. The molecule has 3 rings (SSSR count). The Bertz CT molecular complexity index is 957. The molecule has 0 saturated heterocycles. The maximum atomic E-state index is 12.3. The fraction of sp³-hybridized carbons (Fsp3) is 0.318. The number of nitrogens with zero attached hydrogens (tertiary/aromatic N) is 2. The van der Waals surface area contributed by atoms with Crippen LogP contribution in [0, 0.1) is 12.8 Å². The third kappa shape index (κ3) is 5.65. The number of halogens is 1. The van der Waals surface area contributed by atoms with Gasteiger partial charge >= 0.3 is 0 Å². The summed E-state index contributed by atoms with van der Waals surface area (Å²) in [6.07, 6.45) is 0. The third-order valence-electron chi connectivity index (χ3n) is 4.47. The van der Waals surface area contributed by atoms with Crippen molar-refractivity contribution in [2.75, 3.05) is 6.61 Å². The lowest BCUT2D eigenvalue weighted by Crippen LogP contribution is -2.34. The lowest BCUT2D eigenvalue weighted by atomic mass is 10.0. The molecule has 6 nitrogen and oxygen atoms in total. The number of rotatable bonds is 8. The Balaban J connectivity index is 1.63. The highest BCUT2D eigenvalue weighted by molar-refractivity contribution is 6.31. The van der Waals surface area contributed by atoms with Gasteiger partial charge < -0.3 is 14.6 Å². The second kappa shape index (κ2) is 9.67. The highest BCUT2D eigenvalue weighted by atomic mass is 35.5. The zero-order chi connectivity index (χ0) is 20.8. The second-order valence-corrected chi connectivity index (χ2v) is 7.59. The molecule has 1 aromatic heterocycles. The normalized spacial score (nSPS) is 12.2. The van der Waals surface area contributed by atoms with Crippen LogP contribution in [0.4, 0.5) is 0 Å². The highest BCUT2D eigenvalue weighted by Gasteiger charge is 2.25. The van der Waals surface area contributed by atoms with Crippen LogP contribution in [0.5, 0.6) is 0 Å². The summed E-state index contributed by atoms with van der Waals surface area (Å²) in [6, 6.07) is 14.9. The van der Waals surface area contributed by atoms with Gasteiger partial charge in [0.25, 0.3) is 0 Å². The molecule has 0 unspecified atom stereocenters. The number of nitrogens with one attached hydrogen (secondary N) is 1. The Morgan fingerprint density at radius 2 is 1.97 bits per heavy atom. The molecule has 29 heavy (non-hydrogen) atoms. The third-order valence-corrected chi connectivity index (χ3v) is 4.87. The molecule has 0 fully saturated rings. The van der Waals surface area contributed by atoms with Gasteiger partial charge in [-0.05, 0) is 30.0 Å². The van der Waals surface area contributed by atoms with Crippen molar-refractivity contribution >= 4 is 17.5 Å². The molecule has 1 amide bonds. The van der Waals surface area contributed by atoms with E-state index in [4.69, 9.17) is 20.9 Å². The summed E-state index contributed by atoms with van der Waals surface area (Å²) in [4.78, 5) is 16.8. The van der Waals surface area contributed by atoms with Crippen molar-refractivity contribution in [1.82, 2.24) is 15.5 Å². The highest BCUT2D eigenvalue weighted by Crippen LogP contribution is 2.26. The number of carbonyl (C=O) groups is 1. The van der Waals surface area contributed by atoms with E-state index >= 15 is 0 Å². The molecule has 3 aromatic rings. The maximum absolute atomic E-state index is 12.3. The smallest absolute Gasteiger partial charge is 0.249 e. The molecule has 1 heterocycles. The predicted octanol–water partition coefficient (Wildman–Crippen LogP) is 4.73. The van der Waals surface area contributed by atoms with Gasteiger partial charge in [-0.3, -0.25) is 4.79 Å². The molecular weight excluding hydrogens is 390 g/mol. The molecule has 1 N–H and O–H groups in total. The Morgan fingerprint density at radius 3 is 2.66 bits per heavy atom. The van der Waals surface area contributed by atoms with E-state index in [0.29, 0.717) is 23.3 Å². The Morgan fingerprint density at radius 1 is 1.21 bits per heavy atom. The Kier molecular flexibility index (Phi) is 7.01. The van der Waals surface area contributed by atoms with E-state index in [-0.39, 0.29) is 18.4 Å². The molecule has 0 aliphatic rings. The summed E-state index contributed by atoms with van der Waals surface area (Å²) in [7, 11) is 0. The monoisotopic (exact) mass is 413 g/mol. The van der Waals surface area contributed by atoms with Crippen LogP contribution in [0.15, 0.2) is 53.1 Å². The Labute approximate surface area is 175 Å². The number of amides is 1. The van der Waals surface area contributed by atoms with Crippen LogP contribution in [0.2, 0.25) is 5.02 Å². The topological polar surface area (TPSA) is 77.2 Å². The molecule has 0 spiro atoms. The van der Waals surface area contributed by atoms with E-state index in [0.717, 1.165) is 16.7 Å². The van der Waals surface area contributed by atoms with Crippen molar-refractivity contribution in [2.45, 2.75) is 33.4 Å². The molecule has 0 radical (unpaired) electrons. The second-order valence-electron chi connectivity index (χ2n) is 7.19. The van der Waals surface area contributed by atoms with Crippen molar-refractivity contribution < 1.29 is 14.1 Å². The van der Waals surface area contributed by atoms with Crippen LogP contribution in [0.25, 0.3) is 11.4 Å². The van der Waals surface area contributed by atoms with E-state index in [9.17, 15) is 4.79 Å². The lowest BCUT2D eigenvalue weighted by Gasteiger charge is -2.18. The van der Waals surface area contributed by atoms with Gasteiger partial charge in [0.1, 0.15) is 12.6 Å². The van der Waals surface area contributed by atoms with Gasteiger partial charge in [-0.2, -0.15) is 4.98 Å². The van der Waals surface area contributed by atoms with Crippen molar-refractivity contribution in [3.05, 3.63) is 70.6 Å². The van der Waals surface area contributed by atoms with Gasteiger partial charge in [-0.15, -0.1) is 0 Å². The standard InChI is InChI=1S/C22H24ClN3O3/c1-14(2)20(24-19(27)13-28-12-16-7-5-4-6-8-16)22-25-21(26-29-22)17-10-9-15(3)18(23)11-17/h4-11,14,20H,12-13H2,1-3H3,(H,24,27)/t20-/m1/s1. The number of hydrogen-bond acceptors (Lipinski definition) is 5. The van der Waals surface area contributed by atoms with Crippen LogP contribution in [-0.2, 0) is 16.1 Å². The SMILES string of the molecule is Cc1ccc(-c2noc([C@H](NC(=O)COCc3ccccc3)C(C)C)n2)cc1Cl. The quantitative estimate of drug-likeness (QED) is 0.577. The number of aryl methyl sites for hydroxylation is 1. The molecule has 1 atom stereocenters. The van der Waals surface area contributed by atoms with Crippen molar-refractivity contribution in [1.29, 1.82) is 0 Å². The molecule has 0 aliphatic carbocycles. The van der Waals surface area contributed by atoms with Gasteiger partial charge in [0.2, 0.25) is 17.6 Å². The first-order valence-corrected chi connectivity index (χ1v) is 9.83. The van der Waals surface area contributed by atoms with Gasteiger partial charge in [0.05, 0.1) is 6.61 Å². The zero-order valence-corrected chi connectivity index (χ0v) is 17.4. The maximum Gasteiger partial charge on any atom is 0.249 e. The van der Waals surface area contributed by atoms with Gasteiger partial charge in [-0.25, -0.2) is 0 Å². The average molecular weight is 414 g/mol. The first-order valence-electron chi connectivity index (χ1n) is 9.45. The molecule has 2 aromatic carbocycles. The summed E-state index contributed by atoms with van der Waals surface area (Å²) >= 11 is 6.19. The number of benzene rings is 2. The fourth-order valence-electron chi connectivity index (χ4n) is 2.78. The number of ether oxygens (including phenoxy) is 1. The molecule has 0 saturated carbocycles.